The van der Waals surface area contributed by atoms with E-state index in [1.807, 2.05) is 4.90 Å². The number of piperazine rings is 1. The average molecular weight is 570 g/mol. The van der Waals surface area contributed by atoms with Crippen LogP contribution < -0.4 is 10.6 Å². The second-order valence-electron chi connectivity index (χ2n) is 13.1. The van der Waals surface area contributed by atoms with Crippen molar-refractivity contribution >= 4 is 27.9 Å². The molecule has 2 saturated heterocycles. The lowest BCUT2D eigenvalue weighted by atomic mass is 9.54. The molecule has 1 spiro atoms. The number of hydrogen-bond donors (Lipinski definition) is 2. The molecule has 4 saturated carbocycles. The van der Waals surface area contributed by atoms with Crippen LogP contribution in [0.15, 0.2) is 22.7 Å². The van der Waals surface area contributed by atoms with Gasteiger partial charge < -0.3 is 20.4 Å². The highest BCUT2D eigenvalue weighted by molar-refractivity contribution is 9.10. The quantitative estimate of drug-likeness (QED) is 0.559. The fourth-order valence-corrected chi connectivity index (χ4v) is 10.3. The monoisotopic (exact) mass is 568 g/mol. The summed E-state index contributed by atoms with van der Waals surface area (Å²) in [5.74, 6) is 3.84. The van der Waals surface area contributed by atoms with E-state index in [-0.39, 0.29) is 17.4 Å². The second-order valence-corrected chi connectivity index (χ2v) is 14.0. The van der Waals surface area contributed by atoms with Gasteiger partial charge in [-0.15, -0.1) is 0 Å². The molecular weight excluding hydrogens is 528 g/mol. The molecule has 6 fully saturated rings. The number of carbonyl (C=O) groups excluding carboxylic acids is 2. The number of nitrogens with one attached hydrogen (secondary N) is 2. The topological polar surface area (TPSA) is 64.7 Å². The van der Waals surface area contributed by atoms with Crippen molar-refractivity contribution in [1.82, 2.24) is 20.4 Å². The highest BCUT2D eigenvalue weighted by Crippen LogP contribution is 2.56. The molecule has 1 aromatic carbocycles. The van der Waals surface area contributed by atoms with E-state index in [0.717, 1.165) is 70.4 Å². The van der Waals surface area contributed by atoms with E-state index < -0.39 is 0 Å². The Bertz CT molecular complexity index is 1030. The molecule has 2 N–H and O–H groups in total. The van der Waals surface area contributed by atoms with Crippen molar-refractivity contribution < 1.29 is 9.59 Å². The van der Waals surface area contributed by atoms with Gasteiger partial charge in [-0.05, 0) is 98.1 Å². The van der Waals surface area contributed by atoms with Gasteiger partial charge in [-0.1, -0.05) is 28.1 Å². The molecule has 7 aliphatic rings. The lowest BCUT2D eigenvalue weighted by Gasteiger charge is -2.54. The van der Waals surface area contributed by atoms with Crippen LogP contribution in [-0.4, -0.2) is 67.0 Å². The van der Waals surface area contributed by atoms with Crippen LogP contribution in [0.25, 0.3) is 0 Å². The predicted molar refractivity (Wildman–Crippen MR) is 147 cm³/mol. The predicted octanol–water partition coefficient (Wildman–Crippen LogP) is 4.63. The van der Waals surface area contributed by atoms with E-state index >= 15 is 0 Å². The van der Waals surface area contributed by atoms with Gasteiger partial charge in [0.05, 0.1) is 0 Å². The summed E-state index contributed by atoms with van der Waals surface area (Å²) in [6.07, 6.45) is 10.4. The van der Waals surface area contributed by atoms with Crippen LogP contribution in [0.5, 0.6) is 0 Å². The number of nitrogens with zero attached hydrogens (tertiary/aromatic N) is 2. The largest absolute Gasteiger partial charge is 0.340 e. The number of carbonyl (C=O) groups is 2. The Kier molecular flexibility index (Phi) is 6.31. The molecule has 3 amide bonds. The van der Waals surface area contributed by atoms with Crippen LogP contribution in [0.3, 0.4) is 0 Å². The Balaban J connectivity index is 1.02. The fraction of sp³-hybridized carbons (Fsp3) is 0.733. The van der Waals surface area contributed by atoms with Crippen molar-refractivity contribution in [3.63, 3.8) is 0 Å². The number of rotatable bonds is 3. The smallest absolute Gasteiger partial charge is 0.317 e. The summed E-state index contributed by atoms with van der Waals surface area (Å²) in [4.78, 5) is 30.7. The number of amides is 3. The summed E-state index contributed by atoms with van der Waals surface area (Å²) >= 11 is 3.88. The number of likely N-dealkylation sites (tertiary alicyclic amines) is 1. The standard InChI is InChI=1S/C30H41BrN4O2/c31-25-3-1-2-24-23(17-26(36)34-10-6-32-7-11-34)18-30(27(24)25)4-8-35(9-5-30)29(37)33-28-21-13-19-12-20(15-21)16-22(28)14-19/h1-3,19-23,28,32H,4-18H2,(H,33,37). The molecule has 2 aliphatic heterocycles. The van der Waals surface area contributed by atoms with Gasteiger partial charge in [-0.2, -0.15) is 0 Å². The van der Waals surface area contributed by atoms with Gasteiger partial charge in [0.15, 0.2) is 0 Å². The second kappa shape index (κ2) is 9.55. The van der Waals surface area contributed by atoms with Crippen molar-refractivity contribution in [3.05, 3.63) is 33.8 Å². The van der Waals surface area contributed by atoms with E-state index in [1.165, 1.54) is 47.7 Å². The molecule has 2 heterocycles. The van der Waals surface area contributed by atoms with Crippen LogP contribution in [0.1, 0.15) is 74.8 Å². The molecule has 1 aromatic rings. The Morgan fingerprint density at radius 1 is 0.946 bits per heavy atom. The van der Waals surface area contributed by atoms with Gasteiger partial charge >= 0.3 is 6.03 Å². The van der Waals surface area contributed by atoms with Crippen LogP contribution in [0.2, 0.25) is 0 Å². The van der Waals surface area contributed by atoms with Gasteiger partial charge in [0, 0.05) is 61.6 Å². The Labute approximate surface area is 229 Å². The zero-order valence-corrected chi connectivity index (χ0v) is 23.5. The average Bonchev–Trinajstić information content (AvgIpc) is 3.20. The first-order valence-electron chi connectivity index (χ1n) is 14.8. The first kappa shape index (κ1) is 24.4. The number of urea groups is 1. The summed E-state index contributed by atoms with van der Waals surface area (Å²) in [5.41, 5.74) is 2.82. The summed E-state index contributed by atoms with van der Waals surface area (Å²) in [6, 6.07) is 7.10. The third kappa shape index (κ3) is 4.32. The Hall–Kier alpha value is -1.60. The van der Waals surface area contributed by atoms with Crippen molar-refractivity contribution in [3.8, 4) is 0 Å². The molecule has 37 heavy (non-hydrogen) atoms. The van der Waals surface area contributed by atoms with E-state index in [1.54, 1.807) is 0 Å². The normalized spacial score (nSPS) is 35.6. The molecule has 6 nitrogen and oxygen atoms in total. The molecule has 8 rings (SSSR count). The zero-order valence-electron chi connectivity index (χ0n) is 21.9. The number of benzene rings is 1. The third-order valence-corrected chi connectivity index (χ3v) is 11.7. The lowest BCUT2D eigenvalue weighted by molar-refractivity contribution is -0.132. The minimum absolute atomic E-state index is 0.0588. The first-order valence-corrected chi connectivity index (χ1v) is 15.6. The van der Waals surface area contributed by atoms with E-state index in [0.29, 0.717) is 30.2 Å². The molecule has 0 radical (unpaired) electrons. The Morgan fingerprint density at radius 3 is 2.30 bits per heavy atom. The maximum atomic E-state index is 13.4. The van der Waals surface area contributed by atoms with Crippen LogP contribution in [0.4, 0.5) is 4.79 Å². The molecule has 1 atom stereocenters. The summed E-state index contributed by atoms with van der Waals surface area (Å²) in [6.45, 7) is 5.02. The molecule has 4 bridgehead atoms. The molecule has 0 aromatic heterocycles. The Morgan fingerprint density at radius 2 is 1.62 bits per heavy atom. The van der Waals surface area contributed by atoms with Crippen molar-refractivity contribution in [2.45, 2.75) is 75.2 Å². The third-order valence-electron chi connectivity index (χ3n) is 11.1. The van der Waals surface area contributed by atoms with Gasteiger partial charge in [0.25, 0.3) is 0 Å². The summed E-state index contributed by atoms with van der Waals surface area (Å²) < 4.78 is 1.17. The highest BCUT2D eigenvalue weighted by atomic mass is 79.9. The van der Waals surface area contributed by atoms with E-state index in [2.05, 4.69) is 49.7 Å². The van der Waals surface area contributed by atoms with Crippen molar-refractivity contribution in [2.24, 2.45) is 23.7 Å². The summed E-state index contributed by atoms with van der Waals surface area (Å²) in [7, 11) is 0. The molecule has 5 aliphatic carbocycles. The molecule has 200 valence electrons. The van der Waals surface area contributed by atoms with E-state index in [4.69, 9.17) is 0 Å². The van der Waals surface area contributed by atoms with Gasteiger partial charge in [-0.3, -0.25) is 4.79 Å². The molecular formula is C30H41BrN4O2. The maximum Gasteiger partial charge on any atom is 0.317 e. The number of fused-ring (bicyclic) bond motifs is 2. The van der Waals surface area contributed by atoms with E-state index in [9.17, 15) is 9.59 Å². The first-order chi connectivity index (χ1) is 18.0. The van der Waals surface area contributed by atoms with Crippen molar-refractivity contribution in [2.75, 3.05) is 39.3 Å². The molecule has 7 heteroatoms. The lowest BCUT2D eigenvalue weighted by Crippen LogP contribution is -2.59. The van der Waals surface area contributed by atoms with Gasteiger partial charge in [0.1, 0.15) is 0 Å². The van der Waals surface area contributed by atoms with Gasteiger partial charge in [0.2, 0.25) is 5.91 Å². The van der Waals surface area contributed by atoms with Crippen LogP contribution in [0, 0.1) is 23.7 Å². The summed E-state index contributed by atoms with van der Waals surface area (Å²) in [5, 5.41) is 6.88. The fourth-order valence-electron chi connectivity index (χ4n) is 9.55. The minimum Gasteiger partial charge on any atom is -0.340 e. The van der Waals surface area contributed by atoms with Crippen LogP contribution in [-0.2, 0) is 10.2 Å². The van der Waals surface area contributed by atoms with Gasteiger partial charge in [-0.25, -0.2) is 4.79 Å². The van der Waals surface area contributed by atoms with Crippen molar-refractivity contribution in [1.29, 1.82) is 0 Å². The van der Waals surface area contributed by atoms with Crippen LogP contribution >= 0.6 is 15.9 Å². The molecule has 1 unspecified atom stereocenters. The SMILES string of the molecule is O=C(CC1CC2(CCN(C(=O)NC3C4CC5CC(C4)CC3C5)CC2)c2c(Br)cccc21)N1CCNCC1. The number of piperidine rings is 1. The maximum absolute atomic E-state index is 13.4. The minimum atomic E-state index is 0.0588. The number of halogens is 1. The number of hydrogen-bond acceptors (Lipinski definition) is 3. The highest BCUT2D eigenvalue weighted by Gasteiger charge is 2.50. The zero-order chi connectivity index (χ0) is 25.1.